The highest BCUT2D eigenvalue weighted by molar-refractivity contribution is 9.10. The molecule has 1 unspecified atom stereocenters. The lowest BCUT2D eigenvalue weighted by Gasteiger charge is -2.21. The van der Waals surface area contributed by atoms with Crippen LogP contribution in [0.5, 0.6) is 0 Å². The molecule has 0 saturated heterocycles. The van der Waals surface area contributed by atoms with Gasteiger partial charge in [-0.1, -0.05) is 27.2 Å². The zero-order valence-corrected chi connectivity index (χ0v) is 16.9. The van der Waals surface area contributed by atoms with Crippen LogP contribution in [0.4, 0.5) is 0 Å². The topological polar surface area (TPSA) is 81.7 Å². The van der Waals surface area contributed by atoms with Gasteiger partial charge in [0.05, 0.1) is 23.1 Å². The lowest BCUT2D eigenvalue weighted by Crippen LogP contribution is -2.25. The van der Waals surface area contributed by atoms with Gasteiger partial charge in [0.15, 0.2) is 11.5 Å². The molecule has 0 saturated carbocycles. The van der Waals surface area contributed by atoms with Crippen molar-refractivity contribution in [2.24, 2.45) is 0 Å². The number of hydrogen-bond acceptors (Lipinski definition) is 6. The number of aromatic nitrogens is 5. The van der Waals surface area contributed by atoms with Crippen molar-refractivity contribution in [3.05, 3.63) is 76.2 Å². The van der Waals surface area contributed by atoms with Crippen molar-refractivity contribution in [2.45, 2.75) is 25.9 Å². The summed E-state index contributed by atoms with van der Waals surface area (Å²) in [6.07, 6.45) is 3.63. The van der Waals surface area contributed by atoms with Crippen LogP contribution < -0.4 is 5.32 Å². The summed E-state index contributed by atoms with van der Waals surface area (Å²) in [6.45, 7) is 3.91. The minimum absolute atomic E-state index is 0.0251. The summed E-state index contributed by atoms with van der Waals surface area (Å²) in [5.74, 6) is 1.01. The second-order valence-electron chi connectivity index (χ2n) is 6.77. The number of benzene rings is 1. The Bertz CT molecular complexity index is 1150. The lowest BCUT2D eigenvalue weighted by atomic mass is 10.0. The van der Waals surface area contributed by atoms with Crippen molar-refractivity contribution in [3.8, 4) is 17.3 Å². The first-order valence-corrected chi connectivity index (χ1v) is 9.76. The second kappa shape index (κ2) is 6.65. The quantitative estimate of drug-likeness (QED) is 0.508. The average molecular weight is 437 g/mol. The van der Waals surface area contributed by atoms with E-state index < -0.39 is 0 Å². The molecule has 1 aliphatic heterocycles. The highest BCUT2D eigenvalue weighted by atomic mass is 79.9. The third-order valence-corrected chi connectivity index (χ3v) is 5.40. The molecule has 5 rings (SSSR count). The molecular weight excluding hydrogens is 420 g/mol. The van der Waals surface area contributed by atoms with E-state index in [1.807, 2.05) is 36.8 Å². The van der Waals surface area contributed by atoms with E-state index in [4.69, 9.17) is 4.52 Å². The van der Waals surface area contributed by atoms with E-state index in [1.54, 1.807) is 6.92 Å². The van der Waals surface area contributed by atoms with E-state index in [2.05, 4.69) is 65.0 Å². The summed E-state index contributed by atoms with van der Waals surface area (Å²) in [6, 6.07) is 12.1. The van der Waals surface area contributed by atoms with Crippen molar-refractivity contribution >= 4 is 15.9 Å². The van der Waals surface area contributed by atoms with E-state index in [1.165, 1.54) is 0 Å². The number of nitrogens with zero attached hydrogens (tertiary/aromatic N) is 5. The molecule has 2 atom stereocenters. The van der Waals surface area contributed by atoms with Crippen molar-refractivity contribution in [1.82, 2.24) is 30.0 Å². The Morgan fingerprint density at radius 2 is 2.07 bits per heavy atom. The number of halogens is 1. The van der Waals surface area contributed by atoms with Gasteiger partial charge in [-0.25, -0.2) is 4.98 Å². The average Bonchev–Trinajstić information content (AvgIpc) is 3.30. The predicted molar refractivity (Wildman–Crippen MR) is 107 cm³/mol. The number of aryl methyl sites for hydroxylation is 1. The molecule has 8 heteroatoms. The minimum atomic E-state index is -0.0686. The molecule has 3 aromatic heterocycles. The highest BCUT2D eigenvalue weighted by Crippen LogP contribution is 2.38. The Kier molecular flexibility index (Phi) is 4.10. The first kappa shape index (κ1) is 17.3. The number of rotatable bonds is 2. The monoisotopic (exact) mass is 436 g/mol. The van der Waals surface area contributed by atoms with Crippen LogP contribution in [0.1, 0.15) is 41.8 Å². The van der Waals surface area contributed by atoms with Crippen LogP contribution in [0.15, 0.2) is 57.9 Å². The van der Waals surface area contributed by atoms with E-state index in [0.29, 0.717) is 17.4 Å². The number of fused-ring (bicyclic) bond motifs is 3. The molecule has 0 spiro atoms. The maximum Gasteiger partial charge on any atom is 0.278 e. The number of imidazole rings is 1. The van der Waals surface area contributed by atoms with Crippen LogP contribution in [0.2, 0.25) is 0 Å². The molecule has 0 fully saturated rings. The van der Waals surface area contributed by atoms with Crippen LogP contribution >= 0.6 is 15.9 Å². The van der Waals surface area contributed by atoms with Crippen molar-refractivity contribution in [3.63, 3.8) is 0 Å². The van der Waals surface area contributed by atoms with Crippen LogP contribution in [0, 0.1) is 6.92 Å². The summed E-state index contributed by atoms with van der Waals surface area (Å²) in [4.78, 5) is 13.6. The molecule has 28 heavy (non-hydrogen) atoms. The van der Waals surface area contributed by atoms with E-state index >= 15 is 0 Å². The maximum absolute atomic E-state index is 5.40. The van der Waals surface area contributed by atoms with Gasteiger partial charge in [-0.3, -0.25) is 10.3 Å². The Morgan fingerprint density at radius 3 is 2.82 bits per heavy atom. The van der Waals surface area contributed by atoms with Gasteiger partial charge in [0.1, 0.15) is 6.33 Å². The molecule has 1 N–H and O–H groups in total. The number of pyridine rings is 1. The Balaban J connectivity index is 1.73. The van der Waals surface area contributed by atoms with Crippen molar-refractivity contribution in [2.75, 3.05) is 0 Å². The smallest absolute Gasteiger partial charge is 0.278 e. The molecule has 0 amide bonds. The van der Waals surface area contributed by atoms with Crippen LogP contribution in [0.3, 0.4) is 0 Å². The van der Waals surface area contributed by atoms with Gasteiger partial charge in [-0.15, -0.1) is 0 Å². The summed E-state index contributed by atoms with van der Waals surface area (Å²) in [5.41, 5.74) is 4.79. The van der Waals surface area contributed by atoms with E-state index in [-0.39, 0.29) is 12.1 Å². The third-order valence-electron chi connectivity index (χ3n) is 4.91. The molecule has 0 radical (unpaired) electrons. The fourth-order valence-electron chi connectivity index (χ4n) is 3.71. The molecule has 0 aliphatic carbocycles. The fourth-order valence-corrected chi connectivity index (χ4v) is 4.09. The standard InChI is InChI=1S/C20H17BrN6O/c1-11-19-18(20-25-12(2)26-28-20)23-10-27(19)16-7-6-13(21)9-14(16)17(24-11)15-5-3-4-8-22-15/h3-11,17,24H,1-2H3/t11-,17?/m1/s1. The molecule has 1 aliphatic rings. The molecule has 7 nitrogen and oxygen atoms in total. The predicted octanol–water partition coefficient (Wildman–Crippen LogP) is 4.14. The second-order valence-corrected chi connectivity index (χ2v) is 7.69. The Morgan fingerprint density at radius 1 is 1.18 bits per heavy atom. The van der Waals surface area contributed by atoms with Crippen molar-refractivity contribution < 1.29 is 4.52 Å². The minimum Gasteiger partial charge on any atom is -0.332 e. The third kappa shape index (κ3) is 2.76. The molecule has 4 aromatic rings. The summed E-state index contributed by atoms with van der Waals surface area (Å²) >= 11 is 3.61. The van der Waals surface area contributed by atoms with Crippen LogP contribution in [-0.4, -0.2) is 24.7 Å². The SMILES string of the molecule is Cc1noc(-c2ncn3c2[C@@H](C)NC(c2ccccn2)c2cc(Br)ccc2-3)n1. The molecule has 140 valence electrons. The van der Waals surface area contributed by atoms with Crippen LogP contribution in [-0.2, 0) is 0 Å². The van der Waals surface area contributed by atoms with E-state index in [0.717, 1.165) is 27.1 Å². The fraction of sp³-hybridized carbons (Fsp3) is 0.200. The van der Waals surface area contributed by atoms with Gasteiger partial charge in [0, 0.05) is 22.3 Å². The zero-order chi connectivity index (χ0) is 19.3. The first-order valence-electron chi connectivity index (χ1n) is 8.96. The number of hydrogen-bond donors (Lipinski definition) is 1. The maximum atomic E-state index is 5.40. The van der Waals surface area contributed by atoms with Gasteiger partial charge in [-0.2, -0.15) is 4.98 Å². The number of nitrogens with one attached hydrogen (secondary N) is 1. The van der Waals surface area contributed by atoms with Gasteiger partial charge in [0.2, 0.25) is 0 Å². The van der Waals surface area contributed by atoms with Gasteiger partial charge >= 0.3 is 0 Å². The highest BCUT2D eigenvalue weighted by Gasteiger charge is 2.32. The van der Waals surface area contributed by atoms with Gasteiger partial charge in [-0.05, 0) is 44.2 Å². The first-order chi connectivity index (χ1) is 13.6. The van der Waals surface area contributed by atoms with Gasteiger partial charge in [0.25, 0.3) is 5.89 Å². The van der Waals surface area contributed by atoms with Crippen LogP contribution in [0.25, 0.3) is 17.3 Å². The molecule has 0 bridgehead atoms. The van der Waals surface area contributed by atoms with E-state index in [9.17, 15) is 0 Å². The summed E-state index contributed by atoms with van der Waals surface area (Å²) in [5, 5.41) is 7.62. The van der Waals surface area contributed by atoms with Crippen molar-refractivity contribution in [1.29, 1.82) is 0 Å². The van der Waals surface area contributed by atoms with Gasteiger partial charge < -0.3 is 9.09 Å². The lowest BCUT2D eigenvalue weighted by molar-refractivity contribution is 0.423. The summed E-state index contributed by atoms with van der Waals surface area (Å²) in [7, 11) is 0. The molecule has 1 aromatic carbocycles. The Hall–Kier alpha value is -2.84. The largest absolute Gasteiger partial charge is 0.332 e. The summed E-state index contributed by atoms with van der Waals surface area (Å²) < 4.78 is 8.50. The Labute approximate surface area is 170 Å². The zero-order valence-electron chi connectivity index (χ0n) is 15.3. The molecule has 4 heterocycles. The molecular formula is C20H17BrN6O. The normalized spacial score (nSPS) is 18.4.